The van der Waals surface area contributed by atoms with Gasteiger partial charge in [0.05, 0.1) is 39.1 Å². The number of hydrogen-bond donors (Lipinski definition) is 0. The van der Waals surface area contributed by atoms with Gasteiger partial charge in [0.15, 0.2) is 5.82 Å². The first-order valence-corrected chi connectivity index (χ1v) is 21.1. The van der Waals surface area contributed by atoms with Crippen LogP contribution in [0.4, 0.5) is 11.5 Å². The van der Waals surface area contributed by atoms with E-state index in [1.54, 1.807) is 0 Å². The third-order valence-corrected chi connectivity index (χ3v) is 12.1. The summed E-state index contributed by atoms with van der Waals surface area (Å²) < 4.78 is 20.3. The van der Waals surface area contributed by atoms with Crippen molar-refractivity contribution in [1.82, 2.24) is 14.1 Å². The highest BCUT2D eigenvalue weighted by Gasteiger charge is 2.42. The van der Waals surface area contributed by atoms with Crippen LogP contribution in [0.1, 0.15) is 37.5 Å². The summed E-state index contributed by atoms with van der Waals surface area (Å²) in [6, 6.07) is 59.4. The van der Waals surface area contributed by atoms with Crippen molar-refractivity contribution in [2.24, 2.45) is 0 Å². The van der Waals surface area contributed by atoms with Gasteiger partial charge in [-0.15, -0.1) is 0 Å². The molecule has 0 spiro atoms. The maximum atomic E-state index is 6.88. The number of aryl methyl sites for hydroxylation is 2. The van der Waals surface area contributed by atoms with Crippen LogP contribution < -0.4 is 24.2 Å². The topological polar surface area (TPSA) is 48.3 Å². The van der Waals surface area contributed by atoms with E-state index in [2.05, 4.69) is 205 Å². The zero-order chi connectivity index (χ0) is 42.1. The zero-order valence-electron chi connectivity index (χ0n) is 35.4. The van der Waals surface area contributed by atoms with E-state index in [1.807, 2.05) is 30.5 Å². The maximum Gasteiger partial charge on any atom is 0.526 e. The third kappa shape index (κ3) is 6.21. The number of para-hydroxylation sites is 6. The van der Waals surface area contributed by atoms with Gasteiger partial charge in [0.25, 0.3) is 6.33 Å². The molecule has 0 N–H and O–H groups in total. The van der Waals surface area contributed by atoms with Gasteiger partial charge >= 0.3 is 7.05 Å². The molecule has 8 heteroatoms. The van der Waals surface area contributed by atoms with Gasteiger partial charge in [-0.2, -0.15) is 0 Å². The number of pyridine rings is 1. The second-order valence-corrected chi connectivity index (χ2v) is 17.2. The monoisotopic (exact) mass is 805 g/mol. The van der Waals surface area contributed by atoms with Gasteiger partial charge < -0.3 is 18.8 Å². The Labute approximate surface area is 361 Å². The van der Waals surface area contributed by atoms with Crippen LogP contribution in [0.25, 0.3) is 49.9 Å². The summed E-state index contributed by atoms with van der Waals surface area (Å²) in [7, 11) is -0.392. The second-order valence-electron chi connectivity index (χ2n) is 17.2. The molecule has 3 aromatic heterocycles. The number of anilines is 2. The van der Waals surface area contributed by atoms with Crippen LogP contribution in [-0.4, -0.2) is 21.2 Å². The number of ether oxygens (including phenoxy) is 1. The van der Waals surface area contributed by atoms with E-state index in [1.165, 1.54) is 21.9 Å². The summed E-state index contributed by atoms with van der Waals surface area (Å²) in [5.74, 6) is 2.97. The predicted molar refractivity (Wildman–Crippen MR) is 252 cm³/mol. The normalized spacial score (nSPS) is 12.7. The lowest BCUT2D eigenvalue weighted by Gasteiger charge is -2.27. The van der Waals surface area contributed by atoms with Crippen molar-refractivity contribution in [3.8, 4) is 34.3 Å². The first-order chi connectivity index (χ1) is 30.2. The fraction of sp³-hybridized carbons (Fsp3) is 0.111. The van der Waals surface area contributed by atoms with Gasteiger partial charge in [-0.1, -0.05) is 129 Å². The quantitative estimate of drug-likeness (QED) is 0.0914. The number of nitrogens with zero attached hydrogens (tertiary/aromatic N) is 5. The van der Waals surface area contributed by atoms with Crippen LogP contribution in [0, 0.1) is 20.2 Å². The predicted octanol–water partition coefficient (Wildman–Crippen LogP) is 11.8. The molecule has 0 aliphatic carbocycles. The Morgan fingerprint density at radius 2 is 1.29 bits per heavy atom. The van der Waals surface area contributed by atoms with E-state index in [0.29, 0.717) is 5.75 Å². The molecular weight excluding hydrogens is 761 g/mol. The summed E-state index contributed by atoms with van der Waals surface area (Å²) in [5.41, 5.74) is 12.8. The van der Waals surface area contributed by atoms with Crippen LogP contribution in [-0.2, 0) is 5.41 Å². The average Bonchev–Trinajstić information content (AvgIpc) is 3.96. The lowest BCUT2D eigenvalue weighted by molar-refractivity contribution is -0.572. The lowest BCUT2D eigenvalue weighted by atomic mass is 9.67. The van der Waals surface area contributed by atoms with Crippen molar-refractivity contribution in [3.63, 3.8) is 0 Å². The minimum atomic E-state index is -0.392. The molecule has 0 bridgehead atoms. The van der Waals surface area contributed by atoms with Crippen molar-refractivity contribution in [1.29, 1.82) is 0 Å². The number of rotatable bonds is 7. The fourth-order valence-electron chi connectivity index (χ4n) is 9.09. The average molecular weight is 806 g/mol. The van der Waals surface area contributed by atoms with Gasteiger partial charge in [-0.25, -0.2) is 4.98 Å². The standard InChI is InChI=1S/C54H44BN5O2/c1-36-17-14-18-37(2)52(36)55-60(53-51(62-55)29-16-30-56-53)40-31-38(54(3,4)5)32-42(34-40)61-41-20-15-19-39(33-41)57-35-58(48-26-11-10-25-47(48)57)49-27-12-13-28-50(49)59-45-23-8-6-21-43(45)44-22-7-9-24-46(44)59/h6-34H,1-5H3. The Bertz CT molecular complexity index is 3290. The van der Waals surface area contributed by atoms with E-state index in [9.17, 15) is 0 Å². The number of hydrogen-bond acceptors (Lipinski definition) is 4. The number of imidazole rings is 1. The molecule has 4 heterocycles. The highest BCUT2D eigenvalue weighted by molar-refractivity contribution is 6.75. The molecule has 0 radical (unpaired) electrons. The van der Waals surface area contributed by atoms with Crippen molar-refractivity contribution in [3.05, 3.63) is 199 Å². The first kappa shape index (κ1) is 37.4. The highest BCUT2D eigenvalue weighted by Crippen LogP contribution is 2.43. The Balaban J connectivity index is 1.01. The Morgan fingerprint density at radius 3 is 2.05 bits per heavy atom. The van der Waals surface area contributed by atoms with E-state index < -0.39 is 7.05 Å². The van der Waals surface area contributed by atoms with Crippen molar-refractivity contribution in [2.45, 2.75) is 40.0 Å². The summed E-state index contributed by atoms with van der Waals surface area (Å²) in [6.07, 6.45) is 5.59. The van der Waals surface area contributed by atoms with E-state index >= 15 is 0 Å². The first-order valence-electron chi connectivity index (χ1n) is 21.1. The van der Waals surface area contributed by atoms with Crippen molar-refractivity contribution < 1.29 is 14.0 Å². The molecule has 0 saturated heterocycles. The van der Waals surface area contributed by atoms with Gasteiger partial charge in [-0.3, -0.25) is 9.13 Å². The van der Waals surface area contributed by atoms with Gasteiger partial charge in [0, 0.05) is 28.7 Å². The smallest absolute Gasteiger partial charge is 0.526 e. The van der Waals surface area contributed by atoms with Crippen LogP contribution in [0.15, 0.2) is 176 Å². The summed E-state index contributed by atoms with van der Waals surface area (Å²) in [4.78, 5) is 7.06. The van der Waals surface area contributed by atoms with Crippen LogP contribution in [0.3, 0.4) is 0 Å². The molecule has 0 atom stereocenters. The zero-order valence-corrected chi connectivity index (χ0v) is 35.4. The third-order valence-electron chi connectivity index (χ3n) is 12.1. The number of aromatic nitrogens is 4. The molecule has 11 rings (SSSR count). The highest BCUT2D eigenvalue weighted by atomic mass is 16.5. The number of fused-ring (bicyclic) bond motifs is 5. The van der Waals surface area contributed by atoms with E-state index in [4.69, 9.17) is 14.4 Å². The van der Waals surface area contributed by atoms with Gasteiger partial charge in [-0.05, 0) is 97.0 Å². The molecule has 7 aromatic carbocycles. The second kappa shape index (κ2) is 14.6. The molecule has 300 valence electrons. The summed E-state index contributed by atoms with van der Waals surface area (Å²) >= 11 is 0. The van der Waals surface area contributed by atoms with Crippen LogP contribution >= 0.6 is 0 Å². The molecule has 0 saturated carbocycles. The minimum Gasteiger partial charge on any atom is -0.535 e. The van der Waals surface area contributed by atoms with Crippen LogP contribution in [0.2, 0.25) is 0 Å². The van der Waals surface area contributed by atoms with E-state index in [-0.39, 0.29) is 5.41 Å². The molecule has 1 aliphatic heterocycles. The Kier molecular flexibility index (Phi) is 8.79. The Hall–Kier alpha value is -7.58. The molecule has 10 aromatic rings. The SMILES string of the molecule is Cc1cccc(C)c1B1Oc2cccnc2N1c1cc(Oc2cccc(-n3[c-][n+](-c4ccccc4-n4c5ccccc5c5ccccc54)c4ccccc43)c2)cc(C(C)(C)C)c1. The minimum absolute atomic E-state index is 0.167. The summed E-state index contributed by atoms with van der Waals surface area (Å²) in [5, 5.41) is 2.45. The van der Waals surface area contributed by atoms with Crippen molar-refractivity contribution >= 4 is 56.9 Å². The Morgan fingerprint density at radius 1 is 0.629 bits per heavy atom. The van der Waals surface area contributed by atoms with Crippen molar-refractivity contribution in [2.75, 3.05) is 4.81 Å². The molecule has 62 heavy (non-hydrogen) atoms. The lowest BCUT2D eigenvalue weighted by Crippen LogP contribution is -2.49. The van der Waals surface area contributed by atoms with Gasteiger partial charge in [0.1, 0.15) is 17.2 Å². The maximum absolute atomic E-state index is 6.88. The van der Waals surface area contributed by atoms with Crippen LogP contribution in [0.5, 0.6) is 17.2 Å². The van der Waals surface area contributed by atoms with E-state index in [0.717, 1.165) is 73.2 Å². The molecule has 7 nitrogen and oxygen atoms in total. The molecule has 0 amide bonds. The largest absolute Gasteiger partial charge is 0.535 e. The molecule has 1 aliphatic rings. The molecular formula is C54H44BN5O2. The molecule has 0 fully saturated rings. The molecule has 0 unspecified atom stereocenters. The fourth-order valence-corrected chi connectivity index (χ4v) is 9.09. The number of benzene rings is 7. The summed E-state index contributed by atoms with van der Waals surface area (Å²) in [6.45, 7) is 11.0. The van der Waals surface area contributed by atoms with Gasteiger partial charge in [0.2, 0.25) is 0 Å².